The van der Waals surface area contributed by atoms with Crippen LogP contribution in [0.25, 0.3) is 0 Å². The number of methoxy groups -OCH3 is 1. The number of amides is 5. The minimum atomic E-state index is -1.22. The van der Waals surface area contributed by atoms with E-state index in [0.29, 0.717) is 36.6 Å². The van der Waals surface area contributed by atoms with Crippen LogP contribution in [-0.2, 0) is 24.7 Å². The van der Waals surface area contributed by atoms with Gasteiger partial charge in [0.05, 0.1) is 13.1 Å². The van der Waals surface area contributed by atoms with Crippen LogP contribution in [0.4, 0.5) is 4.79 Å². The molecule has 0 spiro atoms. The fraction of sp³-hybridized carbons (Fsp3) is 0.500. The maximum absolute atomic E-state index is 13.0. The highest BCUT2D eigenvalue weighted by Crippen LogP contribution is 2.31. The van der Waals surface area contributed by atoms with Crippen molar-refractivity contribution in [2.45, 2.75) is 25.3 Å². The zero-order chi connectivity index (χ0) is 22.1. The highest BCUT2D eigenvalue weighted by Gasteiger charge is 2.52. The van der Waals surface area contributed by atoms with Gasteiger partial charge in [0.2, 0.25) is 5.91 Å². The van der Waals surface area contributed by atoms with Gasteiger partial charge >= 0.3 is 6.03 Å². The molecule has 10 heteroatoms. The summed E-state index contributed by atoms with van der Waals surface area (Å²) in [7, 11) is 3.19. The Kier molecular flexibility index (Phi) is 8.31. The Bertz CT molecular complexity index is 772. The van der Waals surface area contributed by atoms with E-state index in [1.165, 1.54) is 4.90 Å². The van der Waals surface area contributed by atoms with Gasteiger partial charge in [-0.15, -0.1) is 0 Å². The molecule has 30 heavy (non-hydrogen) atoms. The fourth-order valence-electron chi connectivity index (χ4n) is 3.25. The molecule has 1 aromatic rings. The van der Waals surface area contributed by atoms with Crippen LogP contribution in [-0.4, -0.2) is 74.1 Å². The number of hydrazine groups is 1. The van der Waals surface area contributed by atoms with Gasteiger partial charge in [-0.3, -0.25) is 24.7 Å². The quantitative estimate of drug-likeness (QED) is 0.342. The van der Waals surface area contributed by atoms with Gasteiger partial charge in [0.1, 0.15) is 5.54 Å². The average Bonchev–Trinajstić information content (AvgIpc) is 2.96. The Morgan fingerprint density at radius 3 is 2.47 bits per heavy atom. The molecule has 1 unspecified atom stereocenters. The average molecular weight is 419 g/mol. The van der Waals surface area contributed by atoms with Crippen LogP contribution in [0.15, 0.2) is 30.3 Å². The van der Waals surface area contributed by atoms with Crippen LogP contribution in [0.1, 0.15) is 25.3 Å². The van der Waals surface area contributed by atoms with Crippen molar-refractivity contribution in [2.75, 3.05) is 40.4 Å². The summed E-state index contributed by atoms with van der Waals surface area (Å²) < 4.78 is 4.91. The third-order valence-electron chi connectivity index (χ3n) is 4.80. The van der Waals surface area contributed by atoms with Crippen molar-refractivity contribution in [2.24, 2.45) is 0 Å². The van der Waals surface area contributed by atoms with Crippen molar-refractivity contribution in [3.8, 4) is 0 Å². The maximum Gasteiger partial charge on any atom is 0.344 e. The molecule has 0 bridgehead atoms. The van der Waals surface area contributed by atoms with Crippen LogP contribution in [0, 0.1) is 0 Å². The molecule has 1 aromatic carbocycles. The molecule has 1 heterocycles. The van der Waals surface area contributed by atoms with E-state index in [-0.39, 0.29) is 19.0 Å². The van der Waals surface area contributed by atoms with Gasteiger partial charge in [-0.25, -0.2) is 4.79 Å². The number of rotatable bonds is 11. The first-order chi connectivity index (χ1) is 14.3. The second kappa shape index (κ2) is 10.7. The van der Waals surface area contributed by atoms with Gasteiger partial charge in [-0.05, 0) is 25.5 Å². The molecule has 1 fully saturated rings. The van der Waals surface area contributed by atoms with E-state index in [1.54, 1.807) is 45.3 Å². The maximum atomic E-state index is 13.0. The lowest BCUT2D eigenvalue weighted by Gasteiger charge is -2.25. The number of carbonyl (C=O) groups is 4. The summed E-state index contributed by atoms with van der Waals surface area (Å²) in [4.78, 5) is 51.1. The zero-order valence-electron chi connectivity index (χ0n) is 17.6. The fourth-order valence-corrected chi connectivity index (χ4v) is 3.25. The summed E-state index contributed by atoms with van der Waals surface area (Å²) >= 11 is 0. The zero-order valence-corrected chi connectivity index (χ0v) is 17.6. The second-order valence-corrected chi connectivity index (χ2v) is 7.10. The molecule has 2 rings (SSSR count). The number of likely N-dealkylation sites (N-methyl/N-ethyl adjacent to an activating group) is 1. The van der Waals surface area contributed by atoms with Gasteiger partial charge in [-0.1, -0.05) is 37.3 Å². The highest BCUT2D eigenvalue weighted by molar-refractivity contribution is 6.08. The van der Waals surface area contributed by atoms with E-state index >= 15 is 0 Å². The topological polar surface area (TPSA) is 120 Å². The highest BCUT2D eigenvalue weighted by atomic mass is 16.5. The van der Waals surface area contributed by atoms with Crippen molar-refractivity contribution in [3.05, 3.63) is 35.9 Å². The summed E-state index contributed by atoms with van der Waals surface area (Å²) in [5.41, 5.74) is 1.77. The van der Waals surface area contributed by atoms with Crippen LogP contribution >= 0.6 is 0 Å². The Hall–Kier alpha value is -2.98. The van der Waals surface area contributed by atoms with Gasteiger partial charge in [0.25, 0.3) is 11.8 Å². The smallest absolute Gasteiger partial charge is 0.344 e. The Labute approximate surface area is 175 Å². The molecule has 3 N–H and O–H groups in total. The van der Waals surface area contributed by atoms with Crippen molar-refractivity contribution < 1.29 is 23.9 Å². The van der Waals surface area contributed by atoms with Crippen molar-refractivity contribution in [1.29, 1.82) is 0 Å². The number of hydrogen-bond acceptors (Lipinski definition) is 6. The number of nitrogens with zero attached hydrogens (tertiary/aromatic N) is 2. The van der Waals surface area contributed by atoms with E-state index < -0.39 is 23.4 Å². The number of benzene rings is 1. The van der Waals surface area contributed by atoms with Crippen LogP contribution in [0.2, 0.25) is 0 Å². The molecule has 1 aliphatic rings. The van der Waals surface area contributed by atoms with Crippen LogP contribution < -0.4 is 16.1 Å². The molecule has 1 atom stereocenters. The second-order valence-electron chi connectivity index (χ2n) is 7.10. The molecule has 0 aromatic heterocycles. The predicted octanol–water partition coefficient (Wildman–Crippen LogP) is -0.0406. The lowest BCUT2D eigenvalue weighted by atomic mass is 9.87. The molecule has 0 aliphatic carbocycles. The number of hydrogen-bond donors (Lipinski definition) is 3. The van der Waals surface area contributed by atoms with E-state index in [9.17, 15) is 19.2 Å². The molecule has 164 valence electrons. The van der Waals surface area contributed by atoms with E-state index in [1.807, 2.05) is 6.07 Å². The molecule has 5 amide bonds. The summed E-state index contributed by atoms with van der Waals surface area (Å²) in [6.45, 7) is 2.66. The number of nitrogens with one attached hydrogen (secondary N) is 3. The lowest BCUT2D eigenvalue weighted by Crippen LogP contribution is -2.51. The minimum Gasteiger partial charge on any atom is -0.385 e. The largest absolute Gasteiger partial charge is 0.385 e. The van der Waals surface area contributed by atoms with Gasteiger partial charge in [0.15, 0.2) is 0 Å². The summed E-state index contributed by atoms with van der Waals surface area (Å²) in [5.74, 6) is -1.35. The SMILES string of the molecule is CCC1(c2ccccc2)NC(=O)N(NC(=O)CN(C)CC(=O)NCCCOC)C1=O. The van der Waals surface area contributed by atoms with Gasteiger partial charge in [0, 0.05) is 20.3 Å². The Morgan fingerprint density at radius 2 is 1.83 bits per heavy atom. The van der Waals surface area contributed by atoms with E-state index in [2.05, 4.69) is 16.1 Å². The Balaban J connectivity index is 1.91. The number of urea groups is 1. The first kappa shape index (κ1) is 23.3. The number of carbonyl (C=O) groups excluding carboxylic acids is 4. The summed E-state index contributed by atoms with van der Waals surface area (Å²) in [5, 5.41) is 6.12. The number of ether oxygens (including phenoxy) is 1. The van der Waals surface area contributed by atoms with E-state index in [0.717, 1.165) is 0 Å². The minimum absolute atomic E-state index is 0.00343. The monoisotopic (exact) mass is 419 g/mol. The molecule has 0 radical (unpaired) electrons. The van der Waals surface area contributed by atoms with Crippen molar-refractivity contribution >= 4 is 23.8 Å². The standard InChI is InChI=1S/C20H29N5O5/c1-4-20(15-9-6-5-7-10-15)18(28)25(19(29)22-20)23-17(27)14-24(2)13-16(26)21-11-8-12-30-3/h5-7,9-10H,4,8,11-14H2,1-3H3,(H,21,26)(H,22,29)(H,23,27). The lowest BCUT2D eigenvalue weighted by molar-refractivity contribution is -0.140. The van der Waals surface area contributed by atoms with Gasteiger partial charge in [-0.2, -0.15) is 5.01 Å². The molecule has 10 nitrogen and oxygen atoms in total. The summed E-state index contributed by atoms with van der Waals surface area (Å²) in [6.07, 6.45) is 1.02. The van der Waals surface area contributed by atoms with Crippen LogP contribution in [0.5, 0.6) is 0 Å². The third-order valence-corrected chi connectivity index (χ3v) is 4.80. The van der Waals surface area contributed by atoms with Gasteiger partial charge < -0.3 is 15.4 Å². The predicted molar refractivity (Wildman–Crippen MR) is 109 cm³/mol. The molecular formula is C20H29N5O5. The molecule has 0 saturated carbocycles. The molecule has 1 saturated heterocycles. The number of imide groups is 1. The van der Waals surface area contributed by atoms with E-state index in [4.69, 9.17) is 4.74 Å². The summed E-state index contributed by atoms with van der Waals surface area (Å²) in [6, 6.07) is 8.19. The third kappa shape index (κ3) is 5.55. The Morgan fingerprint density at radius 1 is 1.17 bits per heavy atom. The van der Waals surface area contributed by atoms with Crippen molar-refractivity contribution in [3.63, 3.8) is 0 Å². The van der Waals surface area contributed by atoms with Crippen molar-refractivity contribution in [1.82, 2.24) is 26.0 Å². The molecule has 1 aliphatic heterocycles. The first-order valence-electron chi connectivity index (χ1n) is 9.80. The normalized spacial score (nSPS) is 18.5. The van der Waals surface area contributed by atoms with Crippen LogP contribution in [0.3, 0.4) is 0 Å². The first-order valence-corrected chi connectivity index (χ1v) is 9.80. The molecular weight excluding hydrogens is 390 g/mol.